The molecule has 2 saturated heterocycles. The number of fused-ring (bicyclic) bond motifs is 1. The van der Waals surface area contributed by atoms with E-state index >= 15 is 0 Å². The van der Waals surface area contributed by atoms with E-state index in [9.17, 15) is 9.59 Å². The van der Waals surface area contributed by atoms with Gasteiger partial charge in [-0.2, -0.15) is 0 Å². The summed E-state index contributed by atoms with van der Waals surface area (Å²) in [6.45, 7) is 1.65. The smallest absolute Gasteiger partial charge is 0.338 e. The highest BCUT2D eigenvalue weighted by Crippen LogP contribution is 2.57. The van der Waals surface area contributed by atoms with Crippen LogP contribution in [0.2, 0.25) is 0 Å². The molecule has 9 heteroatoms. The van der Waals surface area contributed by atoms with Gasteiger partial charge in [-0.3, -0.25) is 0 Å². The van der Waals surface area contributed by atoms with Crippen LogP contribution in [0, 0.1) is 0 Å². The molecule has 3 aromatic rings. The van der Waals surface area contributed by atoms with Gasteiger partial charge < -0.3 is 18.7 Å². The third-order valence-electron chi connectivity index (χ3n) is 6.61. The Morgan fingerprint density at radius 2 is 1.39 bits per heavy atom. The predicted octanol–water partition coefficient (Wildman–Crippen LogP) is 5.90. The minimum atomic E-state index is -1.20. The van der Waals surface area contributed by atoms with Crippen molar-refractivity contribution in [1.82, 2.24) is 4.67 Å². The van der Waals surface area contributed by atoms with Crippen LogP contribution in [0.3, 0.4) is 0 Å². The Labute approximate surface area is 229 Å². The molecule has 0 aliphatic carbocycles. The van der Waals surface area contributed by atoms with Crippen molar-refractivity contribution >= 4 is 37.7 Å². The Morgan fingerprint density at radius 1 is 0.842 bits per heavy atom. The van der Waals surface area contributed by atoms with Crippen LogP contribution in [0.5, 0.6) is 0 Å². The first-order chi connectivity index (χ1) is 18.6. The lowest BCUT2D eigenvalue weighted by atomic mass is 10.2. The summed E-state index contributed by atoms with van der Waals surface area (Å²) in [6.07, 6.45) is 1.53. The van der Waals surface area contributed by atoms with E-state index in [0.717, 1.165) is 31.6 Å². The lowest BCUT2D eigenvalue weighted by Crippen LogP contribution is -2.35. The lowest BCUT2D eigenvalue weighted by Gasteiger charge is -2.33. The molecule has 38 heavy (non-hydrogen) atoms. The topological polar surface area (TPSA) is 68.3 Å². The van der Waals surface area contributed by atoms with Crippen molar-refractivity contribution < 1.29 is 23.6 Å². The summed E-state index contributed by atoms with van der Waals surface area (Å²) in [7, 11) is -1.20. The Kier molecular flexibility index (Phi) is 8.92. The number of carbonyl (C=O) groups excluding carboxylic acids is 2. The zero-order valence-corrected chi connectivity index (χ0v) is 22.5. The summed E-state index contributed by atoms with van der Waals surface area (Å²) in [5, 5.41) is -0.729. The molecule has 0 radical (unpaired) electrons. The molecule has 4 atom stereocenters. The van der Waals surface area contributed by atoms with Crippen LogP contribution in [0.4, 0.5) is 5.69 Å². The molecular weight excluding hydrogens is 523 g/mol. The highest BCUT2D eigenvalue weighted by Gasteiger charge is 2.46. The number of nitrogens with zero attached hydrogens (tertiary/aromatic N) is 2. The SMILES string of the molecule is O=C(OC[C@H](OP1N(c2ccccc2)C[C@@H]2CCCN21)[C@@H](Cl)COC(=O)c1ccccc1)c1ccccc1. The molecule has 7 nitrogen and oxygen atoms in total. The summed E-state index contributed by atoms with van der Waals surface area (Å²) in [4.78, 5) is 25.2. The van der Waals surface area contributed by atoms with Crippen molar-refractivity contribution in [3.05, 3.63) is 102 Å². The number of anilines is 1. The molecule has 0 aromatic heterocycles. The molecular formula is C29H30ClN2O5P. The van der Waals surface area contributed by atoms with E-state index < -0.39 is 31.9 Å². The van der Waals surface area contributed by atoms with Crippen molar-refractivity contribution in [2.24, 2.45) is 0 Å². The fourth-order valence-corrected chi connectivity index (χ4v) is 7.28. The second-order valence-electron chi connectivity index (χ2n) is 9.22. The first-order valence-electron chi connectivity index (χ1n) is 12.7. The summed E-state index contributed by atoms with van der Waals surface area (Å²) >= 11 is 6.80. The highest BCUT2D eigenvalue weighted by atomic mass is 35.5. The first kappa shape index (κ1) is 26.6. The van der Waals surface area contributed by atoms with E-state index in [-0.39, 0.29) is 13.2 Å². The van der Waals surface area contributed by atoms with Crippen molar-refractivity contribution in [3.8, 4) is 0 Å². The van der Waals surface area contributed by atoms with E-state index in [1.807, 2.05) is 30.3 Å². The van der Waals surface area contributed by atoms with Crippen LogP contribution in [-0.2, 0) is 14.0 Å². The van der Waals surface area contributed by atoms with Crippen LogP contribution in [0.25, 0.3) is 0 Å². The van der Waals surface area contributed by atoms with Crippen molar-refractivity contribution in [2.45, 2.75) is 30.4 Å². The second-order valence-corrected chi connectivity index (χ2v) is 11.5. The van der Waals surface area contributed by atoms with Gasteiger partial charge in [0, 0.05) is 24.8 Å². The van der Waals surface area contributed by atoms with Gasteiger partial charge in [0.1, 0.15) is 19.3 Å². The van der Waals surface area contributed by atoms with Gasteiger partial charge in [0.15, 0.2) is 0 Å². The maximum absolute atomic E-state index is 12.7. The molecule has 2 aliphatic rings. The van der Waals surface area contributed by atoms with Gasteiger partial charge >= 0.3 is 11.9 Å². The number of benzene rings is 3. The number of hydrogen-bond donors (Lipinski definition) is 0. The van der Waals surface area contributed by atoms with E-state index in [1.165, 1.54) is 0 Å². The number of rotatable bonds is 10. The Bertz CT molecular complexity index is 1200. The Balaban J connectivity index is 1.32. The molecule has 3 aromatic carbocycles. The lowest BCUT2D eigenvalue weighted by molar-refractivity contribution is 0.0223. The van der Waals surface area contributed by atoms with Gasteiger partial charge in [0.25, 0.3) is 0 Å². The molecule has 0 bridgehead atoms. The van der Waals surface area contributed by atoms with Crippen LogP contribution in [0.1, 0.15) is 33.6 Å². The predicted molar refractivity (Wildman–Crippen MR) is 148 cm³/mol. The summed E-state index contributed by atoms with van der Waals surface area (Å²) in [5.74, 6) is -0.920. The Hall–Kier alpha value is -2.96. The normalized spacial score (nSPS) is 20.5. The number of hydrogen-bond acceptors (Lipinski definition) is 7. The third kappa shape index (κ3) is 6.36. The average molecular weight is 553 g/mol. The van der Waals surface area contributed by atoms with Crippen molar-refractivity contribution in [3.63, 3.8) is 0 Å². The molecule has 2 aliphatic heterocycles. The quantitative estimate of drug-likeness (QED) is 0.176. The largest absolute Gasteiger partial charge is 0.460 e. The number of esters is 2. The molecule has 0 amide bonds. The number of carbonyl (C=O) groups is 2. The van der Waals surface area contributed by atoms with Gasteiger partial charge in [-0.1, -0.05) is 54.6 Å². The second kappa shape index (κ2) is 12.7. The van der Waals surface area contributed by atoms with Gasteiger partial charge in [-0.05, 0) is 49.2 Å². The molecule has 198 valence electrons. The van der Waals surface area contributed by atoms with E-state index in [4.69, 9.17) is 25.6 Å². The maximum Gasteiger partial charge on any atom is 0.338 e. The zero-order valence-electron chi connectivity index (χ0n) is 20.9. The molecule has 0 N–H and O–H groups in total. The molecule has 0 spiro atoms. The van der Waals surface area contributed by atoms with Crippen LogP contribution in [-0.4, -0.2) is 60.4 Å². The summed E-state index contributed by atoms with van der Waals surface area (Å²) in [6, 6.07) is 28.1. The minimum absolute atomic E-state index is 0.0647. The van der Waals surface area contributed by atoms with Gasteiger partial charge in [0.2, 0.25) is 8.45 Å². The maximum atomic E-state index is 12.7. The number of para-hydroxylation sites is 1. The van der Waals surface area contributed by atoms with E-state index in [1.54, 1.807) is 48.5 Å². The standard InChI is InChI=1S/C29H30ClN2O5P/c30-26(20-35-28(33)22-11-4-1-5-12-22)27(21-36-29(34)23-13-6-2-7-14-23)37-38-31-18-10-17-25(31)19-32(38)24-15-8-3-9-16-24/h1-9,11-16,25-27H,10,17-21H2/t25-,26-,27-,38?/m0/s1. The van der Waals surface area contributed by atoms with Crippen LogP contribution >= 0.6 is 20.1 Å². The fraction of sp³-hybridized carbons (Fsp3) is 0.310. The van der Waals surface area contributed by atoms with Gasteiger partial charge in [0.05, 0.1) is 16.5 Å². The third-order valence-corrected chi connectivity index (χ3v) is 9.25. The summed E-state index contributed by atoms with van der Waals surface area (Å²) in [5.41, 5.74) is 1.97. The average Bonchev–Trinajstić information content (AvgIpc) is 3.57. The fourth-order valence-electron chi connectivity index (χ4n) is 4.62. The van der Waals surface area contributed by atoms with E-state index in [2.05, 4.69) is 21.5 Å². The molecule has 0 saturated carbocycles. The number of alkyl halides is 1. The molecule has 2 heterocycles. The monoisotopic (exact) mass is 552 g/mol. The molecule has 2 fully saturated rings. The number of halogens is 1. The highest BCUT2D eigenvalue weighted by molar-refractivity contribution is 7.52. The minimum Gasteiger partial charge on any atom is -0.460 e. The van der Waals surface area contributed by atoms with Crippen molar-refractivity contribution in [2.75, 3.05) is 31.0 Å². The van der Waals surface area contributed by atoms with E-state index in [0.29, 0.717) is 17.2 Å². The van der Waals surface area contributed by atoms with Gasteiger partial charge in [-0.15, -0.1) is 11.6 Å². The zero-order chi connectivity index (χ0) is 26.3. The molecule has 5 rings (SSSR count). The summed E-state index contributed by atoms with van der Waals surface area (Å²) < 4.78 is 22.5. The first-order valence-corrected chi connectivity index (χ1v) is 14.3. The van der Waals surface area contributed by atoms with Crippen LogP contribution < -0.4 is 4.67 Å². The Morgan fingerprint density at radius 3 is 2.00 bits per heavy atom. The molecule has 1 unspecified atom stereocenters. The van der Waals surface area contributed by atoms with Gasteiger partial charge in [-0.25, -0.2) is 14.3 Å². The van der Waals surface area contributed by atoms with Crippen LogP contribution in [0.15, 0.2) is 91.0 Å². The van der Waals surface area contributed by atoms with Crippen molar-refractivity contribution in [1.29, 1.82) is 0 Å². The number of ether oxygens (including phenoxy) is 2.